The molecule has 4 nitrogen and oxygen atoms in total. The Hall–Kier alpha value is -1.62. The van der Waals surface area contributed by atoms with E-state index < -0.39 is 0 Å². The van der Waals surface area contributed by atoms with E-state index in [1.165, 1.54) is 0 Å². The van der Waals surface area contributed by atoms with Gasteiger partial charge in [0.15, 0.2) is 5.11 Å². The molecule has 0 amide bonds. The Kier molecular flexibility index (Phi) is 5.28. The minimum atomic E-state index is 0.148. The third kappa shape index (κ3) is 4.75. The summed E-state index contributed by atoms with van der Waals surface area (Å²) in [4.78, 5) is 0. The van der Waals surface area contributed by atoms with Crippen LogP contribution in [0.2, 0.25) is 0 Å². The summed E-state index contributed by atoms with van der Waals surface area (Å²) in [6.45, 7) is 2.78. The highest BCUT2D eigenvalue weighted by Crippen LogP contribution is 2.12. The molecular weight excluding hydrogens is 222 g/mol. The van der Waals surface area contributed by atoms with Crippen molar-refractivity contribution < 1.29 is 4.74 Å². The van der Waals surface area contributed by atoms with Gasteiger partial charge in [-0.15, -0.1) is 0 Å². The van der Waals surface area contributed by atoms with Crippen LogP contribution in [0.5, 0.6) is 5.75 Å². The average Bonchev–Trinajstić information content (AvgIpc) is 2.26. The van der Waals surface area contributed by atoms with Crippen molar-refractivity contribution in [3.8, 4) is 5.75 Å². The van der Waals surface area contributed by atoms with E-state index in [0.29, 0.717) is 6.61 Å². The van der Waals surface area contributed by atoms with E-state index in [9.17, 15) is 0 Å². The van der Waals surface area contributed by atoms with Crippen LogP contribution in [0.25, 0.3) is 0 Å². The summed E-state index contributed by atoms with van der Waals surface area (Å²) >= 11 is 4.62. The summed E-state index contributed by atoms with van der Waals surface area (Å²) in [7, 11) is 0. The molecule has 0 radical (unpaired) electrons. The summed E-state index contributed by atoms with van der Waals surface area (Å²) in [6.07, 6.45) is 2.62. The number of nitrogens with one attached hydrogen (secondary N) is 1. The van der Waals surface area contributed by atoms with Crippen LogP contribution in [0.15, 0.2) is 29.4 Å². The molecule has 1 aromatic rings. The van der Waals surface area contributed by atoms with Gasteiger partial charge in [0.25, 0.3) is 0 Å². The Bertz CT molecular complexity index is 379. The molecule has 0 aromatic heterocycles. The van der Waals surface area contributed by atoms with Gasteiger partial charge in [-0.3, -0.25) is 5.43 Å². The fourth-order valence-corrected chi connectivity index (χ4v) is 1.13. The van der Waals surface area contributed by atoms with Crippen LogP contribution in [0.4, 0.5) is 0 Å². The fourth-order valence-electron chi connectivity index (χ4n) is 1.07. The number of nitrogens with two attached hydrogens (primary N) is 1. The van der Waals surface area contributed by atoms with Crippen LogP contribution in [0.3, 0.4) is 0 Å². The minimum absolute atomic E-state index is 0.148. The summed E-state index contributed by atoms with van der Waals surface area (Å²) in [5.74, 6) is 0.834. The summed E-state index contributed by atoms with van der Waals surface area (Å²) in [5.41, 5.74) is 8.66. The van der Waals surface area contributed by atoms with Crippen LogP contribution in [-0.2, 0) is 0 Å². The van der Waals surface area contributed by atoms with E-state index in [-0.39, 0.29) is 5.11 Å². The Morgan fingerprint density at radius 1 is 1.62 bits per heavy atom. The molecule has 5 heteroatoms. The van der Waals surface area contributed by atoms with Crippen LogP contribution in [-0.4, -0.2) is 17.9 Å². The van der Waals surface area contributed by atoms with Gasteiger partial charge < -0.3 is 10.5 Å². The van der Waals surface area contributed by atoms with Crippen LogP contribution < -0.4 is 15.9 Å². The highest BCUT2D eigenvalue weighted by Gasteiger charge is 1.94. The van der Waals surface area contributed by atoms with Crippen molar-refractivity contribution >= 4 is 23.5 Å². The van der Waals surface area contributed by atoms with Crippen molar-refractivity contribution in [3.05, 3.63) is 29.8 Å². The number of ether oxygens (including phenoxy) is 1. The number of hydrogen-bond donors (Lipinski definition) is 2. The van der Waals surface area contributed by atoms with Gasteiger partial charge >= 0.3 is 0 Å². The zero-order valence-electron chi connectivity index (χ0n) is 9.14. The first kappa shape index (κ1) is 12.4. The van der Waals surface area contributed by atoms with Crippen molar-refractivity contribution in [3.63, 3.8) is 0 Å². The molecule has 3 N–H and O–H groups in total. The minimum Gasteiger partial charge on any atom is -0.494 e. The second-order valence-electron chi connectivity index (χ2n) is 3.16. The van der Waals surface area contributed by atoms with E-state index >= 15 is 0 Å². The number of benzene rings is 1. The summed E-state index contributed by atoms with van der Waals surface area (Å²) < 4.78 is 5.49. The molecule has 0 bridgehead atoms. The van der Waals surface area contributed by atoms with Crippen LogP contribution in [0, 0.1) is 0 Å². The molecule has 86 valence electrons. The Balaban J connectivity index is 2.59. The lowest BCUT2D eigenvalue weighted by Crippen LogP contribution is -2.23. The predicted molar refractivity (Wildman–Crippen MR) is 69.7 cm³/mol. The number of rotatable bonds is 5. The van der Waals surface area contributed by atoms with Crippen molar-refractivity contribution in [2.75, 3.05) is 6.61 Å². The molecule has 0 spiro atoms. The first-order chi connectivity index (χ1) is 7.72. The third-order valence-electron chi connectivity index (χ3n) is 1.72. The van der Waals surface area contributed by atoms with Gasteiger partial charge in [-0.1, -0.05) is 19.1 Å². The molecule has 0 aliphatic heterocycles. The highest BCUT2D eigenvalue weighted by atomic mass is 32.1. The molecule has 0 saturated heterocycles. The molecule has 16 heavy (non-hydrogen) atoms. The van der Waals surface area contributed by atoms with Gasteiger partial charge in [0.05, 0.1) is 12.8 Å². The topological polar surface area (TPSA) is 59.6 Å². The number of thiocarbonyl (C=S) groups is 1. The van der Waals surface area contributed by atoms with Gasteiger partial charge in [-0.2, -0.15) is 5.10 Å². The lowest BCUT2D eigenvalue weighted by atomic mass is 10.2. The van der Waals surface area contributed by atoms with Crippen molar-refractivity contribution in [1.29, 1.82) is 0 Å². The van der Waals surface area contributed by atoms with Crippen LogP contribution >= 0.6 is 12.2 Å². The van der Waals surface area contributed by atoms with Gasteiger partial charge in [0.1, 0.15) is 5.75 Å². The maximum absolute atomic E-state index is 5.49. The monoisotopic (exact) mass is 237 g/mol. The zero-order chi connectivity index (χ0) is 11.8. The molecule has 0 heterocycles. The highest BCUT2D eigenvalue weighted by molar-refractivity contribution is 7.80. The zero-order valence-corrected chi connectivity index (χ0v) is 9.96. The summed E-state index contributed by atoms with van der Waals surface area (Å²) in [5, 5.41) is 4.01. The molecule has 1 aromatic carbocycles. The molecule has 0 atom stereocenters. The molecule has 0 aliphatic rings. The van der Waals surface area contributed by atoms with Gasteiger partial charge in [-0.25, -0.2) is 0 Å². The largest absolute Gasteiger partial charge is 0.494 e. The second kappa shape index (κ2) is 6.79. The Morgan fingerprint density at radius 3 is 3.12 bits per heavy atom. The average molecular weight is 237 g/mol. The van der Waals surface area contributed by atoms with E-state index in [4.69, 9.17) is 10.5 Å². The predicted octanol–water partition coefficient (Wildman–Crippen LogP) is 1.64. The standard InChI is InChI=1S/C11H15N3OS/c1-2-6-15-10-5-3-4-9(7-10)8-13-14-11(12)16/h3-5,7-8H,2,6H2,1H3,(H3,12,14,16)/b13-8+. The SMILES string of the molecule is CCCOc1cccc(/C=N/NC(N)=S)c1. The summed E-state index contributed by atoms with van der Waals surface area (Å²) in [6, 6.07) is 7.64. The first-order valence-electron chi connectivity index (χ1n) is 5.03. The number of hydrogen-bond acceptors (Lipinski definition) is 3. The second-order valence-corrected chi connectivity index (χ2v) is 3.60. The van der Waals surface area contributed by atoms with Gasteiger partial charge in [-0.05, 0) is 36.3 Å². The van der Waals surface area contributed by atoms with E-state index in [0.717, 1.165) is 17.7 Å². The Labute approximate surface area is 100 Å². The van der Waals surface area contributed by atoms with Crippen molar-refractivity contribution in [2.24, 2.45) is 10.8 Å². The van der Waals surface area contributed by atoms with E-state index in [2.05, 4.69) is 29.7 Å². The van der Waals surface area contributed by atoms with Gasteiger partial charge in [0.2, 0.25) is 0 Å². The number of hydrazone groups is 1. The number of nitrogens with zero attached hydrogens (tertiary/aromatic N) is 1. The first-order valence-corrected chi connectivity index (χ1v) is 5.44. The molecule has 0 fully saturated rings. The molecular formula is C11H15N3OS. The maximum atomic E-state index is 5.49. The normalized spacial score (nSPS) is 10.3. The van der Waals surface area contributed by atoms with Crippen molar-refractivity contribution in [2.45, 2.75) is 13.3 Å². The van der Waals surface area contributed by atoms with Gasteiger partial charge in [0, 0.05) is 0 Å². The molecule has 0 aliphatic carbocycles. The molecule has 1 rings (SSSR count). The molecule has 0 saturated carbocycles. The van der Waals surface area contributed by atoms with E-state index in [1.54, 1.807) is 6.21 Å². The fraction of sp³-hybridized carbons (Fsp3) is 0.273. The van der Waals surface area contributed by atoms with E-state index in [1.807, 2.05) is 24.3 Å². The Morgan fingerprint density at radius 2 is 2.44 bits per heavy atom. The lowest BCUT2D eigenvalue weighted by molar-refractivity contribution is 0.317. The van der Waals surface area contributed by atoms with Crippen LogP contribution in [0.1, 0.15) is 18.9 Å². The molecule has 0 unspecified atom stereocenters. The smallest absolute Gasteiger partial charge is 0.184 e. The van der Waals surface area contributed by atoms with Crippen molar-refractivity contribution in [1.82, 2.24) is 5.43 Å². The quantitative estimate of drug-likeness (QED) is 0.464. The third-order valence-corrected chi connectivity index (χ3v) is 1.81. The maximum Gasteiger partial charge on any atom is 0.184 e. The lowest BCUT2D eigenvalue weighted by Gasteiger charge is -2.04.